The Morgan fingerprint density at radius 1 is 1.09 bits per heavy atom. The monoisotopic (exact) mass is 512 g/mol. The Morgan fingerprint density at radius 2 is 1.68 bits per heavy atom. The van der Waals surface area contributed by atoms with Gasteiger partial charge in [0.2, 0.25) is 0 Å². The highest BCUT2D eigenvalue weighted by Gasteiger charge is 2.80. The molecule has 34 heavy (non-hydrogen) atoms. The number of fused-ring (bicyclic) bond motifs is 1. The minimum atomic E-state index is -4.91. The number of halogens is 7. The number of nitrogens with zero attached hydrogens (tertiary/aromatic N) is 3. The number of pyridine rings is 2. The highest BCUT2D eigenvalue weighted by atomic mass is 32.2. The first-order valence-corrected chi connectivity index (χ1v) is 11.5. The third-order valence-corrected chi connectivity index (χ3v) is 6.79. The largest absolute Gasteiger partial charge is 0.417 e. The van der Waals surface area contributed by atoms with Gasteiger partial charge in [-0.25, -0.2) is 18.4 Å². The maximum absolute atomic E-state index is 13.8. The van der Waals surface area contributed by atoms with Gasteiger partial charge in [0, 0.05) is 37.4 Å². The van der Waals surface area contributed by atoms with Crippen LogP contribution in [0.1, 0.15) is 15.9 Å². The van der Waals surface area contributed by atoms with E-state index in [1.165, 1.54) is 6.07 Å². The zero-order valence-corrected chi connectivity index (χ0v) is 17.9. The van der Waals surface area contributed by atoms with Crippen LogP contribution in [0.3, 0.4) is 0 Å². The number of carbonyl (C=O) groups excluding carboxylic acids is 1. The van der Waals surface area contributed by atoms with Gasteiger partial charge in [-0.05, 0) is 18.2 Å². The van der Waals surface area contributed by atoms with E-state index in [-0.39, 0.29) is 5.69 Å². The van der Waals surface area contributed by atoms with Crippen LogP contribution in [0.15, 0.2) is 35.6 Å². The van der Waals surface area contributed by atoms with Crippen LogP contribution in [0.25, 0.3) is 0 Å². The second kappa shape index (κ2) is 7.52. The summed E-state index contributed by atoms with van der Waals surface area (Å²) in [6.45, 7) is -1.28. The standard InChI is InChI=1S/C19H15F7N4O3S/c1-34(32,33)14-5-10(2-3-27-14)29-16(31)11-4-9(19(24,25)26)6-28-15(11)30-7-12-13(8-30)18(22,23)17(12,20)21/h2-6,12-13H,7-8H2,1H3,(H,27,29,31)/t12-,13+. The molecule has 0 bridgehead atoms. The van der Waals surface area contributed by atoms with Crippen molar-refractivity contribution in [2.75, 3.05) is 29.6 Å². The highest BCUT2D eigenvalue weighted by molar-refractivity contribution is 7.90. The zero-order chi connectivity index (χ0) is 25.3. The van der Waals surface area contributed by atoms with Crippen LogP contribution in [0.4, 0.5) is 42.2 Å². The summed E-state index contributed by atoms with van der Waals surface area (Å²) < 4.78 is 118. The minimum absolute atomic E-state index is 0.136. The molecule has 1 aliphatic heterocycles. The van der Waals surface area contributed by atoms with Gasteiger partial charge >= 0.3 is 18.0 Å². The summed E-state index contributed by atoms with van der Waals surface area (Å²) >= 11 is 0. The summed E-state index contributed by atoms with van der Waals surface area (Å²) in [7, 11) is -3.77. The van der Waals surface area contributed by atoms with Crippen molar-refractivity contribution >= 4 is 27.2 Å². The first-order chi connectivity index (χ1) is 15.5. The molecule has 1 saturated carbocycles. The molecule has 2 aromatic heterocycles. The molecule has 0 radical (unpaired) electrons. The Labute approximate surface area is 187 Å². The lowest BCUT2D eigenvalue weighted by Gasteiger charge is -2.46. The van der Waals surface area contributed by atoms with Crippen LogP contribution in [0, 0.1) is 11.8 Å². The third-order valence-electron chi connectivity index (χ3n) is 5.81. The lowest BCUT2D eigenvalue weighted by Crippen LogP contribution is -2.65. The summed E-state index contributed by atoms with van der Waals surface area (Å²) in [5.41, 5.74) is -2.17. The Morgan fingerprint density at radius 3 is 2.21 bits per heavy atom. The van der Waals surface area contributed by atoms with Gasteiger partial charge in [0.25, 0.3) is 5.91 Å². The molecule has 184 valence electrons. The molecule has 2 fully saturated rings. The lowest BCUT2D eigenvalue weighted by molar-refractivity contribution is -0.339. The molecule has 4 rings (SSSR count). The van der Waals surface area contributed by atoms with Crippen molar-refractivity contribution in [3.63, 3.8) is 0 Å². The summed E-state index contributed by atoms with van der Waals surface area (Å²) in [4.78, 5) is 21.0. The van der Waals surface area contributed by atoms with E-state index >= 15 is 0 Å². The number of aromatic nitrogens is 2. The van der Waals surface area contributed by atoms with E-state index < -0.39 is 80.7 Å². The zero-order valence-electron chi connectivity index (χ0n) is 17.1. The number of rotatable bonds is 4. The van der Waals surface area contributed by atoms with Gasteiger partial charge in [0.1, 0.15) is 5.82 Å². The van der Waals surface area contributed by atoms with Gasteiger partial charge in [-0.15, -0.1) is 0 Å². The molecule has 15 heteroatoms. The van der Waals surface area contributed by atoms with Crippen molar-refractivity contribution < 1.29 is 43.9 Å². The molecule has 3 heterocycles. The fraction of sp³-hybridized carbons (Fsp3) is 0.421. The van der Waals surface area contributed by atoms with Crippen LogP contribution < -0.4 is 10.2 Å². The second-order valence-corrected chi connectivity index (χ2v) is 10.0. The Hall–Kier alpha value is -2.97. The number of hydrogen-bond acceptors (Lipinski definition) is 6. The number of hydrogen-bond donors (Lipinski definition) is 1. The molecule has 2 atom stereocenters. The molecule has 1 aliphatic carbocycles. The SMILES string of the molecule is CS(=O)(=O)c1cc(NC(=O)c2cc(C(F)(F)F)cnc2N2C[C@@H]3[C@H](C2)C(F)(F)C3(F)F)ccn1. The van der Waals surface area contributed by atoms with Crippen molar-refractivity contribution in [1.29, 1.82) is 0 Å². The summed E-state index contributed by atoms with van der Waals surface area (Å²) in [6, 6.07) is 2.56. The van der Waals surface area contributed by atoms with Crippen LogP contribution >= 0.6 is 0 Å². The number of anilines is 2. The predicted octanol–water partition coefficient (Wildman–Crippen LogP) is 3.49. The van der Waals surface area contributed by atoms with Gasteiger partial charge in [-0.3, -0.25) is 4.79 Å². The Kier molecular flexibility index (Phi) is 5.34. The normalized spacial score (nSPS) is 23.2. The maximum atomic E-state index is 13.8. The van der Waals surface area contributed by atoms with Crippen molar-refractivity contribution in [3.05, 3.63) is 41.7 Å². The van der Waals surface area contributed by atoms with Crippen molar-refractivity contribution in [2.45, 2.75) is 23.0 Å². The fourth-order valence-corrected chi connectivity index (χ4v) is 4.62. The molecule has 7 nitrogen and oxygen atoms in total. The van der Waals surface area contributed by atoms with E-state index in [9.17, 15) is 43.9 Å². The van der Waals surface area contributed by atoms with Crippen molar-refractivity contribution in [2.24, 2.45) is 11.8 Å². The van der Waals surface area contributed by atoms with Gasteiger partial charge in [0.15, 0.2) is 14.9 Å². The molecule has 0 unspecified atom stereocenters. The summed E-state index contributed by atoms with van der Waals surface area (Å²) in [6.07, 6.45) is -2.65. The number of nitrogens with one attached hydrogen (secondary N) is 1. The first kappa shape index (κ1) is 24.2. The van der Waals surface area contributed by atoms with Crippen LogP contribution in [-0.4, -0.2) is 55.5 Å². The topological polar surface area (TPSA) is 92.3 Å². The average molecular weight is 512 g/mol. The average Bonchev–Trinajstić information content (AvgIpc) is 3.17. The quantitative estimate of drug-likeness (QED) is 0.631. The smallest absolute Gasteiger partial charge is 0.355 e. The Balaban J connectivity index is 1.70. The van der Waals surface area contributed by atoms with Gasteiger partial charge in [0.05, 0.1) is 23.0 Å². The third kappa shape index (κ3) is 3.84. The molecule has 2 aliphatic rings. The fourth-order valence-electron chi connectivity index (χ4n) is 4.03. The number of amides is 1. The molecule has 0 spiro atoms. The maximum Gasteiger partial charge on any atom is 0.417 e. The number of carbonyl (C=O) groups is 1. The molecule has 1 amide bonds. The van der Waals surface area contributed by atoms with Crippen molar-refractivity contribution in [1.82, 2.24) is 9.97 Å². The lowest BCUT2D eigenvalue weighted by atomic mass is 9.68. The van der Waals surface area contributed by atoms with E-state index in [4.69, 9.17) is 0 Å². The van der Waals surface area contributed by atoms with Crippen LogP contribution in [-0.2, 0) is 16.0 Å². The number of sulfone groups is 1. The van der Waals surface area contributed by atoms with E-state index in [1.54, 1.807) is 0 Å². The molecular weight excluding hydrogens is 497 g/mol. The van der Waals surface area contributed by atoms with E-state index in [0.29, 0.717) is 12.3 Å². The molecule has 1 N–H and O–H groups in total. The van der Waals surface area contributed by atoms with E-state index in [2.05, 4.69) is 15.3 Å². The molecule has 0 aromatic carbocycles. The Bertz CT molecular complexity index is 1240. The van der Waals surface area contributed by atoms with Crippen LogP contribution in [0.5, 0.6) is 0 Å². The molecular formula is C19H15F7N4O3S. The highest BCUT2D eigenvalue weighted by Crippen LogP contribution is 2.62. The second-order valence-electron chi connectivity index (χ2n) is 8.07. The van der Waals surface area contributed by atoms with Crippen LogP contribution in [0.2, 0.25) is 0 Å². The number of alkyl halides is 7. The molecule has 1 saturated heterocycles. The van der Waals surface area contributed by atoms with Gasteiger partial charge < -0.3 is 10.2 Å². The summed E-state index contributed by atoms with van der Waals surface area (Å²) in [5.74, 6) is -13.7. The predicted molar refractivity (Wildman–Crippen MR) is 104 cm³/mol. The first-order valence-electron chi connectivity index (χ1n) is 9.58. The van der Waals surface area contributed by atoms with Gasteiger partial charge in [-0.1, -0.05) is 0 Å². The van der Waals surface area contributed by atoms with Gasteiger partial charge in [-0.2, -0.15) is 30.7 Å². The summed E-state index contributed by atoms with van der Waals surface area (Å²) in [5, 5.41) is 1.79. The van der Waals surface area contributed by atoms with E-state index in [0.717, 1.165) is 23.4 Å². The minimum Gasteiger partial charge on any atom is -0.355 e. The van der Waals surface area contributed by atoms with E-state index in [1.807, 2.05) is 0 Å². The molecule has 2 aromatic rings. The van der Waals surface area contributed by atoms with Crippen molar-refractivity contribution in [3.8, 4) is 0 Å².